The second-order valence-electron chi connectivity index (χ2n) is 7.59. The van der Waals surface area contributed by atoms with Crippen LogP contribution in [-0.4, -0.2) is 59.7 Å². The van der Waals surface area contributed by atoms with E-state index in [4.69, 9.17) is 0 Å². The molecule has 2 bridgehead atoms. The summed E-state index contributed by atoms with van der Waals surface area (Å²) in [5, 5.41) is 5.36. The Hall–Kier alpha value is -2.88. The molecule has 4 amide bonds. The van der Waals surface area contributed by atoms with Crippen molar-refractivity contribution >= 4 is 29.3 Å². The van der Waals surface area contributed by atoms with Crippen LogP contribution in [0.1, 0.15) is 40.0 Å². The topological polar surface area (TPSA) is 98.8 Å². The zero-order valence-corrected chi connectivity index (χ0v) is 14.6. The average Bonchev–Trinajstić information content (AvgIpc) is 2.86. The Bertz CT molecular complexity index is 949. The normalized spacial score (nSPS) is 29.0. The van der Waals surface area contributed by atoms with Crippen LogP contribution in [0.5, 0.6) is 0 Å². The number of amides is 4. The van der Waals surface area contributed by atoms with Gasteiger partial charge in [-0.25, -0.2) is 8.78 Å². The van der Waals surface area contributed by atoms with E-state index in [1.807, 2.05) is 0 Å². The van der Waals surface area contributed by atoms with Crippen molar-refractivity contribution in [2.45, 2.75) is 37.4 Å². The zero-order chi connectivity index (χ0) is 19.7. The van der Waals surface area contributed by atoms with Gasteiger partial charge in [0.05, 0.1) is 16.8 Å². The fourth-order valence-corrected chi connectivity index (χ4v) is 4.54. The minimum absolute atomic E-state index is 0.0196. The van der Waals surface area contributed by atoms with E-state index in [1.54, 1.807) is 4.90 Å². The number of imide groups is 2. The van der Waals surface area contributed by atoms with Gasteiger partial charge in [0, 0.05) is 31.6 Å². The number of nitrogens with one attached hydrogen (secondary N) is 2. The molecular formula is C18H16F2N4O4. The Morgan fingerprint density at radius 2 is 1.71 bits per heavy atom. The molecule has 6 rings (SSSR count). The minimum atomic E-state index is -1.22. The number of hydrogen-bond acceptors (Lipinski definition) is 6. The molecule has 0 aliphatic carbocycles. The van der Waals surface area contributed by atoms with Crippen molar-refractivity contribution in [1.82, 2.24) is 15.5 Å². The quantitative estimate of drug-likeness (QED) is 0.686. The van der Waals surface area contributed by atoms with Crippen molar-refractivity contribution in [3.05, 3.63) is 28.8 Å². The molecule has 1 aromatic carbocycles. The van der Waals surface area contributed by atoms with Gasteiger partial charge >= 0.3 is 0 Å². The largest absolute Gasteiger partial charge is 0.365 e. The highest BCUT2D eigenvalue weighted by molar-refractivity contribution is 6.25. The molecule has 0 radical (unpaired) electrons. The molecule has 4 fully saturated rings. The molecule has 1 aromatic rings. The van der Waals surface area contributed by atoms with Crippen molar-refractivity contribution < 1.29 is 28.0 Å². The zero-order valence-electron chi connectivity index (χ0n) is 14.6. The van der Waals surface area contributed by atoms with Crippen LogP contribution in [0.4, 0.5) is 14.5 Å². The van der Waals surface area contributed by atoms with E-state index in [9.17, 15) is 28.0 Å². The second kappa shape index (κ2) is 5.81. The summed E-state index contributed by atoms with van der Waals surface area (Å²) in [6.45, 7) is 0.784. The molecule has 3 atom stereocenters. The lowest BCUT2D eigenvalue weighted by atomic mass is 9.90. The van der Waals surface area contributed by atoms with Crippen LogP contribution in [-0.2, 0) is 9.59 Å². The van der Waals surface area contributed by atoms with E-state index in [1.165, 1.54) is 0 Å². The molecule has 0 saturated carbocycles. The predicted octanol–water partition coefficient (Wildman–Crippen LogP) is -0.0835. The summed E-state index contributed by atoms with van der Waals surface area (Å²) >= 11 is 0. The number of hydrogen-bond donors (Lipinski definition) is 2. The Morgan fingerprint density at radius 1 is 1.04 bits per heavy atom. The number of carbonyl (C=O) groups is 4. The maximum atomic E-state index is 14.7. The monoisotopic (exact) mass is 390 g/mol. The Balaban J connectivity index is 1.57. The SMILES string of the molecule is O=C1CCC(N2C(=O)c3cc(F)c(F)c(N4CC5CC(C4)N5)c3C2=O)C(=O)N1. The smallest absolute Gasteiger partial charge is 0.264 e. The van der Waals surface area contributed by atoms with Gasteiger partial charge in [-0.05, 0) is 18.9 Å². The number of fused-ring (bicyclic) bond motifs is 3. The number of rotatable bonds is 2. The molecule has 10 heteroatoms. The average molecular weight is 390 g/mol. The fraction of sp³-hybridized carbons (Fsp3) is 0.444. The summed E-state index contributed by atoms with van der Waals surface area (Å²) in [6, 6.07) is -0.227. The van der Waals surface area contributed by atoms with Crippen LogP contribution in [0.2, 0.25) is 0 Å². The van der Waals surface area contributed by atoms with Crippen LogP contribution in [0.25, 0.3) is 0 Å². The summed E-state index contributed by atoms with van der Waals surface area (Å²) in [6.07, 6.45) is 0.875. The summed E-state index contributed by atoms with van der Waals surface area (Å²) in [5.41, 5.74) is -0.690. The Labute approximate surface area is 157 Å². The highest BCUT2D eigenvalue weighted by atomic mass is 19.2. The highest BCUT2D eigenvalue weighted by Crippen LogP contribution is 2.39. The third-order valence-electron chi connectivity index (χ3n) is 5.84. The van der Waals surface area contributed by atoms with Crippen molar-refractivity contribution in [2.75, 3.05) is 18.0 Å². The van der Waals surface area contributed by atoms with Crippen LogP contribution in [0, 0.1) is 11.6 Å². The number of piperazine rings is 1. The molecular weight excluding hydrogens is 374 g/mol. The molecule has 28 heavy (non-hydrogen) atoms. The van der Waals surface area contributed by atoms with Gasteiger partial charge in [0.25, 0.3) is 11.8 Å². The van der Waals surface area contributed by atoms with Crippen molar-refractivity contribution in [3.8, 4) is 0 Å². The predicted molar refractivity (Wildman–Crippen MR) is 90.6 cm³/mol. The van der Waals surface area contributed by atoms with Gasteiger partial charge in [0.1, 0.15) is 6.04 Å². The van der Waals surface area contributed by atoms with Gasteiger partial charge in [-0.15, -0.1) is 0 Å². The lowest BCUT2D eigenvalue weighted by molar-refractivity contribution is -0.136. The van der Waals surface area contributed by atoms with E-state index in [2.05, 4.69) is 10.6 Å². The second-order valence-corrected chi connectivity index (χ2v) is 7.59. The van der Waals surface area contributed by atoms with Gasteiger partial charge in [0.2, 0.25) is 11.8 Å². The summed E-state index contributed by atoms with van der Waals surface area (Å²) < 4.78 is 29.0. The lowest BCUT2D eigenvalue weighted by Gasteiger charge is -2.49. The number of carbonyl (C=O) groups excluding carboxylic acids is 4. The van der Waals surface area contributed by atoms with Gasteiger partial charge in [-0.2, -0.15) is 0 Å². The van der Waals surface area contributed by atoms with Crippen LogP contribution in [0.15, 0.2) is 6.07 Å². The molecule has 0 aromatic heterocycles. The molecule has 4 saturated heterocycles. The molecule has 146 valence electrons. The maximum absolute atomic E-state index is 14.7. The Morgan fingerprint density at radius 3 is 2.36 bits per heavy atom. The third-order valence-corrected chi connectivity index (χ3v) is 5.84. The van der Waals surface area contributed by atoms with E-state index in [-0.39, 0.29) is 41.7 Å². The van der Waals surface area contributed by atoms with E-state index >= 15 is 0 Å². The van der Waals surface area contributed by atoms with E-state index in [0.29, 0.717) is 19.2 Å². The van der Waals surface area contributed by atoms with Gasteiger partial charge in [0.15, 0.2) is 11.6 Å². The summed E-state index contributed by atoms with van der Waals surface area (Å²) in [4.78, 5) is 51.7. The first-order valence-corrected chi connectivity index (χ1v) is 9.09. The van der Waals surface area contributed by atoms with E-state index in [0.717, 1.165) is 11.3 Å². The van der Waals surface area contributed by atoms with Crippen LogP contribution in [0.3, 0.4) is 0 Å². The lowest BCUT2D eigenvalue weighted by Crippen LogP contribution is -2.67. The maximum Gasteiger partial charge on any atom is 0.264 e. The first-order chi connectivity index (χ1) is 13.3. The van der Waals surface area contributed by atoms with Gasteiger partial charge in [-0.1, -0.05) is 0 Å². The molecule has 8 nitrogen and oxygen atoms in total. The Kier molecular flexibility index (Phi) is 3.57. The number of anilines is 1. The summed E-state index contributed by atoms with van der Waals surface area (Å²) in [7, 11) is 0. The first-order valence-electron chi connectivity index (χ1n) is 9.09. The fourth-order valence-electron chi connectivity index (χ4n) is 4.54. The molecule has 5 aliphatic heterocycles. The van der Waals surface area contributed by atoms with Gasteiger partial charge in [-0.3, -0.25) is 29.4 Å². The number of piperidine rings is 2. The standard InChI is InChI=1S/C18H16F2N4O4/c19-10-4-9-13(15(14(10)20)23-5-7-3-8(6-23)21-7)18(28)24(17(9)27)11-1-2-12(25)22-16(11)26/h4,7-8,11,21H,1-3,5-6H2,(H,22,25,26). The number of nitrogens with zero attached hydrogens (tertiary/aromatic N) is 2. The number of halogens is 2. The van der Waals surface area contributed by atoms with E-state index < -0.39 is 41.3 Å². The summed E-state index contributed by atoms with van der Waals surface area (Å²) in [5.74, 6) is -5.34. The third kappa shape index (κ3) is 2.30. The first kappa shape index (κ1) is 17.2. The van der Waals surface area contributed by atoms with Crippen LogP contribution >= 0.6 is 0 Å². The molecule has 3 unspecified atom stereocenters. The molecule has 0 spiro atoms. The van der Waals surface area contributed by atoms with Crippen molar-refractivity contribution in [3.63, 3.8) is 0 Å². The van der Waals surface area contributed by atoms with Gasteiger partial charge < -0.3 is 10.2 Å². The van der Waals surface area contributed by atoms with Crippen LogP contribution < -0.4 is 15.5 Å². The molecule has 2 N–H and O–H groups in total. The molecule has 5 aliphatic rings. The minimum Gasteiger partial charge on any atom is -0.365 e. The van der Waals surface area contributed by atoms with Crippen molar-refractivity contribution in [2.24, 2.45) is 0 Å². The highest BCUT2D eigenvalue weighted by Gasteiger charge is 2.48. The molecule has 5 heterocycles. The van der Waals surface area contributed by atoms with Crippen molar-refractivity contribution in [1.29, 1.82) is 0 Å². The number of benzene rings is 1.